The Morgan fingerprint density at radius 3 is 2.58 bits per heavy atom. The third-order valence-corrected chi connectivity index (χ3v) is 3.64. The van der Waals surface area contributed by atoms with E-state index in [0.29, 0.717) is 5.92 Å². The lowest BCUT2D eigenvalue weighted by molar-refractivity contribution is 0.388. The number of nitrogens with one attached hydrogen (secondary N) is 1. The summed E-state index contributed by atoms with van der Waals surface area (Å²) in [5, 5.41) is 8.20. The second-order valence-corrected chi connectivity index (χ2v) is 5.14. The van der Waals surface area contributed by atoms with E-state index in [0.717, 1.165) is 28.5 Å². The van der Waals surface area contributed by atoms with Gasteiger partial charge in [-0.3, -0.25) is 0 Å². The predicted molar refractivity (Wildman–Crippen MR) is 78.1 cm³/mol. The Kier molecular flexibility index (Phi) is 4.20. The molecule has 3 N–H and O–H groups in total. The summed E-state index contributed by atoms with van der Waals surface area (Å²) in [6.07, 6.45) is 10.1. The summed E-state index contributed by atoms with van der Waals surface area (Å²) in [5.41, 5.74) is 9.00. The summed E-state index contributed by atoms with van der Waals surface area (Å²) in [6, 6.07) is 0. The Bertz CT molecular complexity index is 530. The molecule has 19 heavy (non-hydrogen) atoms. The molecule has 0 radical (unpaired) electrons. The van der Waals surface area contributed by atoms with Gasteiger partial charge >= 0.3 is 0 Å². The molecular formula is C15H22N4. The van der Waals surface area contributed by atoms with Crippen LogP contribution in [-0.2, 0) is 0 Å². The lowest BCUT2D eigenvalue weighted by atomic mass is 9.84. The molecule has 1 aliphatic carbocycles. The van der Waals surface area contributed by atoms with E-state index in [-0.39, 0.29) is 0 Å². The molecule has 0 amide bonds. The molecule has 1 aromatic heterocycles. The van der Waals surface area contributed by atoms with Crippen LogP contribution in [0, 0.1) is 12.8 Å². The second-order valence-electron chi connectivity index (χ2n) is 5.14. The molecule has 4 heteroatoms. The van der Waals surface area contributed by atoms with Gasteiger partial charge in [0.15, 0.2) is 5.82 Å². The normalized spacial score (nSPS) is 18.6. The quantitative estimate of drug-likeness (QED) is 0.815. The van der Waals surface area contributed by atoms with Gasteiger partial charge in [0, 0.05) is 11.3 Å². The molecule has 0 bridgehead atoms. The standard InChI is InChI=1S/C15H22N4/c1-4-10(2)14(16)9-13(8-12-6-5-7-12)15-17-11(3)18-19-15/h4,8-9,12H,5-7,16H2,1-3H3,(H,17,18,19)/b10-4-,13-8-,14-9+. The Morgan fingerprint density at radius 2 is 2.11 bits per heavy atom. The maximum Gasteiger partial charge on any atom is 0.161 e. The predicted octanol–water partition coefficient (Wildman–Crippen LogP) is 3.11. The zero-order chi connectivity index (χ0) is 13.8. The van der Waals surface area contributed by atoms with E-state index in [2.05, 4.69) is 21.3 Å². The minimum atomic E-state index is 0.648. The minimum absolute atomic E-state index is 0.648. The molecule has 2 rings (SSSR count). The van der Waals surface area contributed by atoms with Gasteiger partial charge in [0.2, 0.25) is 0 Å². The fourth-order valence-corrected chi connectivity index (χ4v) is 1.98. The van der Waals surface area contributed by atoms with Crippen molar-refractivity contribution in [2.24, 2.45) is 11.7 Å². The zero-order valence-electron chi connectivity index (χ0n) is 11.9. The molecule has 1 heterocycles. The van der Waals surface area contributed by atoms with Crippen molar-refractivity contribution in [3.8, 4) is 0 Å². The highest BCUT2D eigenvalue weighted by Gasteiger charge is 2.17. The van der Waals surface area contributed by atoms with Gasteiger partial charge in [0.05, 0.1) is 0 Å². The van der Waals surface area contributed by atoms with Crippen LogP contribution < -0.4 is 5.73 Å². The van der Waals surface area contributed by atoms with Crippen LogP contribution in [0.5, 0.6) is 0 Å². The minimum Gasteiger partial charge on any atom is -0.399 e. The molecule has 1 saturated carbocycles. The monoisotopic (exact) mass is 258 g/mol. The Hall–Kier alpha value is -1.84. The fourth-order valence-electron chi connectivity index (χ4n) is 1.98. The molecular weight excluding hydrogens is 236 g/mol. The van der Waals surface area contributed by atoms with Crippen LogP contribution in [0.3, 0.4) is 0 Å². The lowest BCUT2D eigenvalue weighted by Crippen LogP contribution is -2.09. The van der Waals surface area contributed by atoms with Crippen LogP contribution in [0.25, 0.3) is 5.57 Å². The third-order valence-electron chi connectivity index (χ3n) is 3.64. The second kappa shape index (κ2) is 5.87. The van der Waals surface area contributed by atoms with Gasteiger partial charge < -0.3 is 10.7 Å². The van der Waals surface area contributed by atoms with Gasteiger partial charge in [-0.15, -0.1) is 10.2 Å². The number of H-pyrrole nitrogens is 1. The first-order valence-corrected chi connectivity index (χ1v) is 6.82. The van der Waals surface area contributed by atoms with Crippen molar-refractivity contribution in [1.29, 1.82) is 0 Å². The van der Waals surface area contributed by atoms with E-state index in [1.807, 2.05) is 32.9 Å². The van der Waals surface area contributed by atoms with Crippen molar-refractivity contribution in [3.05, 3.63) is 41.1 Å². The Morgan fingerprint density at radius 1 is 1.37 bits per heavy atom. The molecule has 1 aromatic rings. The fraction of sp³-hybridized carbons (Fsp3) is 0.467. The summed E-state index contributed by atoms with van der Waals surface area (Å²) in [4.78, 5) is 3.18. The van der Waals surface area contributed by atoms with Crippen LogP contribution in [0.4, 0.5) is 0 Å². The lowest BCUT2D eigenvalue weighted by Gasteiger charge is -2.22. The molecule has 0 atom stereocenters. The first-order valence-electron chi connectivity index (χ1n) is 6.82. The Labute approximate surface area is 114 Å². The number of allylic oxidation sites excluding steroid dienone is 5. The van der Waals surface area contributed by atoms with Gasteiger partial charge in [-0.25, -0.2) is 0 Å². The number of hydrogen-bond donors (Lipinski definition) is 2. The first-order chi connectivity index (χ1) is 9.10. The number of hydrogen-bond acceptors (Lipinski definition) is 3. The summed E-state index contributed by atoms with van der Waals surface area (Å²) < 4.78 is 0. The van der Waals surface area contributed by atoms with E-state index in [4.69, 9.17) is 5.73 Å². The van der Waals surface area contributed by atoms with E-state index < -0.39 is 0 Å². The van der Waals surface area contributed by atoms with E-state index in [1.165, 1.54) is 19.3 Å². The van der Waals surface area contributed by atoms with Crippen molar-refractivity contribution in [1.82, 2.24) is 15.2 Å². The van der Waals surface area contributed by atoms with Gasteiger partial charge in [0.1, 0.15) is 5.82 Å². The molecule has 0 saturated heterocycles. The highest BCUT2D eigenvalue weighted by molar-refractivity contribution is 5.71. The van der Waals surface area contributed by atoms with Crippen molar-refractivity contribution in [3.63, 3.8) is 0 Å². The topological polar surface area (TPSA) is 67.6 Å². The van der Waals surface area contributed by atoms with Crippen LogP contribution >= 0.6 is 0 Å². The van der Waals surface area contributed by atoms with E-state index >= 15 is 0 Å². The van der Waals surface area contributed by atoms with Crippen LogP contribution in [0.1, 0.15) is 44.8 Å². The van der Waals surface area contributed by atoms with Crippen LogP contribution in [-0.4, -0.2) is 15.2 Å². The van der Waals surface area contributed by atoms with Gasteiger partial charge in [-0.2, -0.15) is 0 Å². The number of rotatable bonds is 4. The van der Waals surface area contributed by atoms with Crippen molar-refractivity contribution in [2.45, 2.75) is 40.0 Å². The number of nitrogens with zero attached hydrogens (tertiary/aromatic N) is 2. The summed E-state index contributed by atoms with van der Waals surface area (Å²) in [5.74, 6) is 2.27. The number of aryl methyl sites for hydroxylation is 1. The molecule has 4 nitrogen and oxygen atoms in total. The molecule has 0 spiro atoms. The first kappa shape index (κ1) is 13.6. The smallest absolute Gasteiger partial charge is 0.161 e. The van der Waals surface area contributed by atoms with E-state index in [1.54, 1.807) is 0 Å². The summed E-state index contributed by atoms with van der Waals surface area (Å²) in [6.45, 7) is 5.91. The SMILES string of the molecule is C\C=C(C)/C(N)=C\C(=C\C1CCC1)c1nnc(C)[nH]1. The van der Waals surface area contributed by atoms with Crippen LogP contribution in [0.2, 0.25) is 0 Å². The van der Waals surface area contributed by atoms with Crippen molar-refractivity contribution < 1.29 is 0 Å². The Balaban J connectivity index is 2.32. The number of aromatic nitrogens is 3. The maximum absolute atomic E-state index is 6.10. The third kappa shape index (κ3) is 3.34. The van der Waals surface area contributed by atoms with Gasteiger partial charge in [-0.05, 0) is 51.2 Å². The average molecular weight is 258 g/mol. The maximum atomic E-state index is 6.10. The molecule has 0 aromatic carbocycles. The largest absolute Gasteiger partial charge is 0.399 e. The van der Waals surface area contributed by atoms with Gasteiger partial charge in [-0.1, -0.05) is 18.6 Å². The molecule has 1 aliphatic rings. The van der Waals surface area contributed by atoms with Crippen molar-refractivity contribution in [2.75, 3.05) is 0 Å². The highest BCUT2D eigenvalue weighted by atomic mass is 15.2. The molecule has 102 valence electrons. The van der Waals surface area contributed by atoms with Crippen LogP contribution in [0.15, 0.2) is 29.5 Å². The summed E-state index contributed by atoms with van der Waals surface area (Å²) >= 11 is 0. The molecule has 0 unspecified atom stereocenters. The van der Waals surface area contributed by atoms with Gasteiger partial charge in [0.25, 0.3) is 0 Å². The molecule has 0 aliphatic heterocycles. The number of aromatic amines is 1. The highest BCUT2D eigenvalue weighted by Crippen LogP contribution is 2.30. The average Bonchev–Trinajstić information content (AvgIpc) is 2.77. The molecule has 1 fully saturated rings. The summed E-state index contributed by atoms with van der Waals surface area (Å²) in [7, 11) is 0. The van der Waals surface area contributed by atoms with E-state index in [9.17, 15) is 0 Å². The number of nitrogens with two attached hydrogens (primary N) is 1. The zero-order valence-corrected chi connectivity index (χ0v) is 11.9. The van der Waals surface area contributed by atoms with Crippen molar-refractivity contribution >= 4 is 5.57 Å².